The maximum atomic E-state index is 12.9. The third-order valence-corrected chi connectivity index (χ3v) is 7.16. The number of hydrogen-bond acceptors (Lipinski definition) is 11. The second-order valence-corrected chi connectivity index (χ2v) is 10.0. The van der Waals surface area contributed by atoms with Crippen LogP contribution in [0.4, 0.5) is 5.82 Å². The smallest absolute Gasteiger partial charge is 0.269 e. The van der Waals surface area contributed by atoms with Crippen molar-refractivity contribution in [1.82, 2.24) is 35.3 Å². The molecule has 0 atom stereocenters. The molecule has 0 spiro atoms. The largest absolute Gasteiger partial charge is 0.493 e. The van der Waals surface area contributed by atoms with E-state index in [0.29, 0.717) is 65.7 Å². The number of H-pyrrole nitrogens is 1. The summed E-state index contributed by atoms with van der Waals surface area (Å²) >= 11 is 1.59. The molecule has 3 aromatic heterocycles. The van der Waals surface area contributed by atoms with Crippen LogP contribution in [-0.2, 0) is 11.3 Å². The van der Waals surface area contributed by atoms with Crippen LogP contribution in [0.25, 0.3) is 22.3 Å². The summed E-state index contributed by atoms with van der Waals surface area (Å²) < 4.78 is 23.6. The van der Waals surface area contributed by atoms with E-state index >= 15 is 0 Å². The van der Waals surface area contributed by atoms with E-state index in [1.165, 1.54) is 0 Å². The molecule has 0 saturated carbocycles. The Kier molecular flexibility index (Phi) is 8.55. The normalized spacial score (nSPS) is 13.4. The Morgan fingerprint density at radius 1 is 1.10 bits per heavy atom. The lowest BCUT2D eigenvalue weighted by molar-refractivity contribution is 0.0947. The zero-order chi connectivity index (χ0) is 28.1. The summed E-state index contributed by atoms with van der Waals surface area (Å²) in [5.74, 6) is 2.93. The van der Waals surface area contributed by atoms with Crippen molar-refractivity contribution in [2.75, 3.05) is 64.8 Å². The fraction of sp³-hybridized carbons (Fsp3) is 0.423. The first-order valence-electron chi connectivity index (χ1n) is 12.9. The Hall–Kier alpha value is -4.04. The van der Waals surface area contributed by atoms with Gasteiger partial charge in [0.05, 0.1) is 58.4 Å². The van der Waals surface area contributed by atoms with Gasteiger partial charge in [0, 0.05) is 25.2 Å². The highest BCUT2D eigenvalue weighted by molar-refractivity contribution is 7.99. The molecule has 1 amide bonds. The summed E-state index contributed by atoms with van der Waals surface area (Å²) in [6.07, 6.45) is 1.79. The quantitative estimate of drug-likeness (QED) is 0.204. The van der Waals surface area contributed by atoms with Gasteiger partial charge in [0.2, 0.25) is 5.75 Å². The number of carbonyl (C=O) groups excluding carboxylic acids is 1. The van der Waals surface area contributed by atoms with Gasteiger partial charge >= 0.3 is 0 Å². The molecular formula is C26H32N8O5S. The Labute approximate surface area is 235 Å². The van der Waals surface area contributed by atoms with Gasteiger partial charge < -0.3 is 29.2 Å². The number of carbonyl (C=O) groups is 1. The maximum absolute atomic E-state index is 12.9. The molecule has 14 heteroatoms. The van der Waals surface area contributed by atoms with Crippen molar-refractivity contribution in [3.8, 4) is 28.5 Å². The Morgan fingerprint density at radius 2 is 1.85 bits per heavy atom. The number of rotatable bonds is 11. The number of ether oxygens (including phenoxy) is 4. The molecule has 1 aromatic carbocycles. The topological polar surface area (TPSA) is 142 Å². The van der Waals surface area contributed by atoms with E-state index in [0.717, 1.165) is 35.7 Å². The lowest BCUT2D eigenvalue weighted by Crippen LogP contribution is -2.37. The van der Waals surface area contributed by atoms with Crippen LogP contribution in [0, 0.1) is 0 Å². The zero-order valence-corrected chi connectivity index (χ0v) is 23.7. The number of nitrogens with zero attached hydrogens (tertiary/aromatic N) is 6. The van der Waals surface area contributed by atoms with Crippen LogP contribution >= 0.6 is 11.8 Å². The maximum Gasteiger partial charge on any atom is 0.269 e. The SMILES string of the molecule is CCSc1nc(N2CCOCC2)c2cnn(CCNC(=O)c3cc(-c4cc(OC)c(OC)c(OC)c4)n[nH]3)c2n1. The molecule has 0 bridgehead atoms. The first kappa shape index (κ1) is 27.5. The average Bonchev–Trinajstić information content (AvgIpc) is 3.65. The molecule has 0 unspecified atom stereocenters. The van der Waals surface area contributed by atoms with E-state index < -0.39 is 0 Å². The minimum atomic E-state index is -0.284. The van der Waals surface area contributed by atoms with Gasteiger partial charge in [-0.25, -0.2) is 14.6 Å². The molecule has 1 fully saturated rings. The highest BCUT2D eigenvalue weighted by Crippen LogP contribution is 2.40. The van der Waals surface area contributed by atoms with E-state index in [4.69, 9.17) is 28.9 Å². The highest BCUT2D eigenvalue weighted by atomic mass is 32.2. The molecule has 4 aromatic rings. The number of nitrogens with one attached hydrogen (secondary N) is 2. The van der Waals surface area contributed by atoms with Gasteiger partial charge in [0.1, 0.15) is 11.5 Å². The minimum Gasteiger partial charge on any atom is -0.493 e. The Morgan fingerprint density at radius 3 is 2.52 bits per heavy atom. The number of methoxy groups -OCH3 is 3. The van der Waals surface area contributed by atoms with Crippen LogP contribution in [0.1, 0.15) is 17.4 Å². The number of anilines is 1. The predicted molar refractivity (Wildman–Crippen MR) is 151 cm³/mol. The average molecular weight is 569 g/mol. The van der Waals surface area contributed by atoms with E-state index in [2.05, 4.69) is 32.4 Å². The Balaban J connectivity index is 1.29. The molecule has 4 heterocycles. The molecule has 5 rings (SSSR count). The number of hydrogen-bond donors (Lipinski definition) is 2. The first-order valence-corrected chi connectivity index (χ1v) is 13.9. The summed E-state index contributed by atoms with van der Waals surface area (Å²) in [6, 6.07) is 5.23. The van der Waals surface area contributed by atoms with Gasteiger partial charge in [-0.2, -0.15) is 10.2 Å². The monoisotopic (exact) mass is 568 g/mol. The molecule has 212 valence electrons. The molecular weight excluding hydrogens is 536 g/mol. The van der Waals surface area contributed by atoms with Crippen molar-refractivity contribution >= 4 is 34.5 Å². The van der Waals surface area contributed by atoms with Crippen LogP contribution in [0.2, 0.25) is 0 Å². The van der Waals surface area contributed by atoms with Crippen molar-refractivity contribution in [2.45, 2.75) is 18.6 Å². The van der Waals surface area contributed by atoms with Crippen LogP contribution in [0.15, 0.2) is 29.6 Å². The molecule has 2 N–H and O–H groups in total. The molecule has 1 saturated heterocycles. The Bertz CT molecular complexity index is 1460. The minimum absolute atomic E-state index is 0.284. The third kappa shape index (κ3) is 5.63. The number of thioether (sulfide) groups is 1. The third-order valence-electron chi connectivity index (χ3n) is 6.43. The van der Waals surface area contributed by atoms with Gasteiger partial charge in [-0.05, 0) is 24.0 Å². The van der Waals surface area contributed by atoms with Crippen molar-refractivity contribution in [3.63, 3.8) is 0 Å². The van der Waals surface area contributed by atoms with Gasteiger partial charge in [-0.1, -0.05) is 18.7 Å². The zero-order valence-electron chi connectivity index (χ0n) is 22.9. The summed E-state index contributed by atoms with van der Waals surface area (Å²) in [6.45, 7) is 5.73. The van der Waals surface area contributed by atoms with Crippen molar-refractivity contribution in [2.24, 2.45) is 0 Å². The van der Waals surface area contributed by atoms with Crippen LogP contribution in [0.3, 0.4) is 0 Å². The lowest BCUT2D eigenvalue weighted by atomic mass is 10.1. The fourth-order valence-corrected chi connectivity index (χ4v) is 5.04. The van der Waals surface area contributed by atoms with Gasteiger partial charge in [0.25, 0.3) is 5.91 Å². The molecule has 0 radical (unpaired) electrons. The summed E-state index contributed by atoms with van der Waals surface area (Å²) in [4.78, 5) is 24.7. The van der Waals surface area contributed by atoms with Gasteiger partial charge in [0.15, 0.2) is 22.3 Å². The fourth-order valence-electron chi connectivity index (χ4n) is 4.48. The van der Waals surface area contributed by atoms with Gasteiger partial charge in [-0.15, -0.1) is 0 Å². The number of amides is 1. The summed E-state index contributed by atoms with van der Waals surface area (Å²) in [5.41, 5.74) is 2.35. The number of benzene rings is 1. The molecule has 1 aliphatic rings. The second kappa shape index (κ2) is 12.4. The van der Waals surface area contributed by atoms with E-state index in [-0.39, 0.29) is 5.91 Å². The molecule has 0 aliphatic carbocycles. The van der Waals surface area contributed by atoms with Crippen molar-refractivity contribution in [3.05, 3.63) is 30.1 Å². The predicted octanol–water partition coefficient (Wildman–Crippen LogP) is 2.62. The van der Waals surface area contributed by atoms with Crippen molar-refractivity contribution < 1.29 is 23.7 Å². The van der Waals surface area contributed by atoms with Crippen molar-refractivity contribution in [1.29, 1.82) is 0 Å². The van der Waals surface area contributed by atoms with E-state index in [9.17, 15) is 4.79 Å². The molecule has 40 heavy (non-hydrogen) atoms. The highest BCUT2D eigenvalue weighted by Gasteiger charge is 2.21. The summed E-state index contributed by atoms with van der Waals surface area (Å²) in [5, 5.41) is 16.2. The number of aromatic nitrogens is 6. The second-order valence-electron chi connectivity index (χ2n) is 8.80. The van der Waals surface area contributed by atoms with Gasteiger partial charge in [-0.3, -0.25) is 9.89 Å². The van der Waals surface area contributed by atoms with E-state index in [1.807, 2.05) is 0 Å². The molecule has 13 nitrogen and oxygen atoms in total. The van der Waals surface area contributed by atoms with E-state index in [1.54, 1.807) is 62.2 Å². The number of morpholine rings is 1. The standard InChI is InChI=1S/C26H32N8O5S/c1-5-40-26-29-23(33-8-10-39-11-9-33)17-15-28-34(24(17)30-26)7-6-27-25(35)19-14-18(31-32-19)16-12-20(36-2)22(38-4)21(13-16)37-3/h12-15H,5-11H2,1-4H3,(H,27,35)(H,31,32). The number of fused-ring (bicyclic) bond motifs is 1. The number of aromatic amines is 1. The van der Waals surface area contributed by atoms with Crippen LogP contribution in [-0.4, -0.2) is 95.8 Å². The summed E-state index contributed by atoms with van der Waals surface area (Å²) in [7, 11) is 4.64. The molecule has 1 aliphatic heterocycles. The van der Waals surface area contributed by atoms with Crippen LogP contribution < -0.4 is 24.4 Å². The van der Waals surface area contributed by atoms with Crippen LogP contribution in [0.5, 0.6) is 17.2 Å². The first-order chi connectivity index (χ1) is 19.6. The lowest BCUT2D eigenvalue weighted by Gasteiger charge is -2.28.